The Balaban J connectivity index is 2.00. The van der Waals surface area contributed by atoms with Crippen LogP contribution in [0.5, 0.6) is 0 Å². The third-order valence-corrected chi connectivity index (χ3v) is 4.65. The van der Waals surface area contributed by atoms with Gasteiger partial charge < -0.3 is 5.32 Å². The van der Waals surface area contributed by atoms with Crippen molar-refractivity contribution >= 4 is 33.3 Å². The predicted octanol–water partition coefficient (Wildman–Crippen LogP) is 4.45. The van der Waals surface area contributed by atoms with E-state index < -0.39 is 0 Å². The molecule has 0 bridgehead atoms. The number of carbonyl (C=O) groups excluding carboxylic acids is 1. The number of hydrogen-bond donors (Lipinski definition) is 1. The second kappa shape index (κ2) is 6.87. The first-order chi connectivity index (χ1) is 9.10. The van der Waals surface area contributed by atoms with Crippen molar-refractivity contribution in [3.63, 3.8) is 0 Å². The Morgan fingerprint density at radius 2 is 2.32 bits per heavy atom. The van der Waals surface area contributed by atoms with Gasteiger partial charge in [-0.2, -0.15) is 0 Å². The maximum absolute atomic E-state index is 12.3. The van der Waals surface area contributed by atoms with Crippen molar-refractivity contribution < 1.29 is 4.79 Å². The Morgan fingerprint density at radius 1 is 1.53 bits per heavy atom. The van der Waals surface area contributed by atoms with Gasteiger partial charge in [0.05, 0.1) is 5.02 Å². The van der Waals surface area contributed by atoms with Gasteiger partial charge in [0.25, 0.3) is 0 Å². The number of halogens is 2. The standard InChI is InChI=1S/C15H19BrClNO/c1-2-10-5-6-18-12(7-10)9-15(19)13-4-3-11(16)8-14(13)17/h3-4,8,10,12,18H,2,5-7,9H2,1H3. The molecule has 0 saturated carbocycles. The number of ketones is 1. The molecule has 2 unspecified atom stereocenters. The van der Waals surface area contributed by atoms with Crippen LogP contribution in [-0.2, 0) is 0 Å². The van der Waals surface area contributed by atoms with Gasteiger partial charge in [-0.3, -0.25) is 4.79 Å². The highest BCUT2D eigenvalue weighted by molar-refractivity contribution is 9.10. The van der Waals surface area contributed by atoms with Crippen LogP contribution in [0.2, 0.25) is 5.02 Å². The molecule has 4 heteroatoms. The minimum atomic E-state index is 0.131. The van der Waals surface area contributed by atoms with Gasteiger partial charge in [0.1, 0.15) is 0 Å². The summed E-state index contributed by atoms with van der Waals surface area (Å²) >= 11 is 9.48. The van der Waals surface area contributed by atoms with Gasteiger partial charge in [0, 0.05) is 22.5 Å². The molecule has 0 radical (unpaired) electrons. The molecule has 104 valence electrons. The molecule has 0 spiro atoms. The molecule has 1 aliphatic rings. The molecule has 2 nitrogen and oxygen atoms in total. The Labute approximate surface area is 128 Å². The van der Waals surface area contributed by atoms with Crippen LogP contribution < -0.4 is 5.32 Å². The molecule has 1 aliphatic heterocycles. The predicted molar refractivity (Wildman–Crippen MR) is 82.9 cm³/mol. The largest absolute Gasteiger partial charge is 0.314 e. The Morgan fingerprint density at radius 3 is 3.00 bits per heavy atom. The van der Waals surface area contributed by atoms with Gasteiger partial charge in [0.2, 0.25) is 0 Å². The van der Waals surface area contributed by atoms with E-state index in [2.05, 4.69) is 28.2 Å². The molecule has 2 rings (SSSR count). The van der Waals surface area contributed by atoms with Crippen LogP contribution in [0.25, 0.3) is 0 Å². The van der Waals surface area contributed by atoms with Gasteiger partial charge in [-0.05, 0) is 43.5 Å². The first kappa shape index (κ1) is 15.0. The van der Waals surface area contributed by atoms with E-state index in [1.54, 1.807) is 12.1 Å². The highest BCUT2D eigenvalue weighted by atomic mass is 79.9. The van der Waals surface area contributed by atoms with Crippen molar-refractivity contribution in [1.29, 1.82) is 0 Å². The maximum Gasteiger partial charge on any atom is 0.165 e. The summed E-state index contributed by atoms with van der Waals surface area (Å²) in [7, 11) is 0. The molecular formula is C15H19BrClNO. The van der Waals surface area contributed by atoms with Crippen LogP contribution in [0.15, 0.2) is 22.7 Å². The summed E-state index contributed by atoms with van der Waals surface area (Å²) in [6, 6.07) is 5.74. The fourth-order valence-electron chi connectivity index (χ4n) is 2.67. The van der Waals surface area contributed by atoms with Crippen molar-refractivity contribution in [2.24, 2.45) is 5.92 Å². The molecule has 1 saturated heterocycles. The molecule has 1 heterocycles. The third kappa shape index (κ3) is 4.04. The van der Waals surface area contributed by atoms with Crippen LogP contribution in [0.3, 0.4) is 0 Å². The molecule has 0 aliphatic carbocycles. The zero-order chi connectivity index (χ0) is 13.8. The second-order valence-electron chi connectivity index (χ2n) is 5.20. The minimum absolute atomic E-state index is 0.131. The van der Waals surface area contributed by atoms with Gasteiger partial charge in [0.15, 0.2) is 5.78 Å². The van der Waals surface area contributed by atoms with Crippen LogP contribution in [0, 0.1) is 5.92 Å². The summed E-state index contributed by atoms with van der Waals surface area (Å²) in [5.41, 5.74) is 0.630. The lowest BCUT2D eigenvalue weighted by atomic mass is 9.87. The number of hydrogen-bond acceptors (Lipinski definition) is 2. The lowest BCUT2D eigenvalue weighted by Crippen LogP contribution is -2.39. The van der Waals surface area contributed by atoms with Crippen LogP contribution in [-0.4, -0.2) is 18.4 Å². The van der Waals surface area contributed by atoms with Crippen molar-refractivity contribution in [2.45, 2.75) is 38.6 Å². The van der Waals surface area contributed by atoms with Gasteiger partial charge in [-0.25, -0.2) is 0 Å². The number of Topliss-reactive ketones (excluding diaryl/α,β-unsaturated/α-hetero) is 1. The van der Waals surface area contributed by atoms with Crippen molar-refractivity contribution in [3.05, 3.63) is 33.3 Å². The molecular weight excluding hydrogens is 326 g/mol. The van der Waals surface area contributed by atoms with Gasteiger partial charge >= 0.3 is 0 Å². The average Bonchev–Trinajstić information content (AvgIpc) is 2.38. The van der Waals surface area contributed by atoms with Crippen LogP contribution >= 0.6 is 27.5 Å². The summed E-state index contributed by atoms with van der Waals surface area (Å²) in [4.78, 5) is 12.3. The molecule has 0 aromatic heterocycles. The van der Waals surface area contributed by atoms with E-state index in [9.17, 15) is 4.79 Å². The molecule has 1 aromatic carbocycles. The molecule has 1 fully saturated rings. The third-order valence-electron chi connectivity index (χ3n) is 3.84. The van der Waals surface area contributed by atoms with Crippen LogP contribution in [0.4, 0.5) is 0 Å². The highest BCUT2D eigenvalue weighted by Crippen LogP contribution is 2.25. The van der Waals surface area contributed by atoms with E-state index in [1.165, 1.54) is 12.8 Å². The molecule has 19 heavy (non-hydrogen) atoms. The number of carbonyl (C=O) groups is 1. The van der Waals surface area contributed by atoms with E-state index in [1.807, 2.05) is 6.07 Å². The van der Waals surface area contributed by atoms with Crippen LogP contribution in [0.1, 0.15) is 43.0 Å². The minimum Gasteiger partial charge on any atom is -0.314 e. The summed E-state index contributed by atoms with van der Waals surface area (Å²) in [5.74, 6) is 0.881. The Kier molecular flexibility index (Phi) is 5.43. The second-order valence-corrected chi connectivity index (χ2v) is 6.52. The fraction of sp³-hybridized carbons (Fsp3) is 0.533. The molecule has 1 N–H and O–H groups in total. The topological polar surface area (TPSA) is 29.1 Å². The molecule has 0 amide bonds. The number of piperidine rings is 1. The highest BCUT2D eigenvalue weighted by Gasteiger charge is 2.23. The van der Waals surface area contributed by atoms with E-state index in [-0.39, 0.29) is 5.78 Å². The molecule has 1 aromatic rings. The zero-order valence-corrected chi connectivity index (χ0v) is 13.4. The first-order valence-corrected chi connectivity index (χ1v) is 7.99. The first-order valence-electron chi connectivity index (χ1n) is 6.81. The van der Waals surface area contributed by atoms with E-state index in [4.69, 9.17) is 11.6 Å². The normalized spacial score (nSPS) is 23.3. The Bertz CT molecular complexity index is 463. The summed E-state index contributed by atoms with van der Waals surface area (Å²) in [6.07, 6.45) is 4.06. The van der Waals surface area contributed by atoms with E-state index in [0.717, 1.165) is 23.4 Å². The van der Waals surface area contributed by atoms with Crippen molar-refractivity contribution in [3.8, 4) is 0 Å². The quantitative estimate of drug-likeness (QED) is 0.817. The lowest BCUT2D eigenvalue weighted by Gasteiger charge is -2.29. The fourth-order valence-corrected chi connectivity index (χ4v) is 3.45. The Hall–Kier alpha value is -0.380. The van der Waals surface area contributed by atoms with E-state index in [0.29, 0.717) is 23.0 Å². The zero-order valence-electron chi connectivity index (χ0n) is 11.1. The number of nitrogens with one attached hydrogen (secondary N) is 1. The molecule has 2 atom stereocenters. The van der Waals surface area contributed by atoms with Gasteiger partial charge in [-0.15, -0.1) is 0 Å². The maximum atomic E-state index is 12.3. The summed E-state index contributed by atoms with van der Waals surface area (Å²) in [6.45, 7) is 3.24. The summed E-state index contributed by atoms with van der Waals surface area (Å²) < 4.78 is 0.899. The van der Waals surface area contributed by atoms with Crippen molar-refractivity contribution in [2.75, 3.05) is 6.54 Å². The van der Waals surface area contributed by atoms with Crippen molar-refractivity contribution in [1.82, 2.24) is 5.32 Å². The van der Waals surface area contributed by atoms with E-state index >= 15 is 0 Å². The number of rotatable bonds is 4. The summed E-state index contributed by atoms with van der Waals surface area (Å²) in [5, 5.41) is 3.97. The van der Waals surface area contributed by atoms with Gasteiger partial charge in [-0.1, -0.05) is 40.9 Å². The average molecular weight is 345 g/mol. The number of benzene rings is 1. The monoisotopic (exact) mass is 343 g/mol. The lowest BCUT2D eigenvalue weighted by molar-refractivity contribution is 0.0957. The smallest absolute Gasteiger partial charge is 0.165 e. The SMILES string of the molecule is CCC1CCNC(CC(=O)c2ccc(Br)cc2Cl)C1.